The number of rotatable bonds is 6. The minimum absolute atomic E-state index is 0.163. The van der Waals surface area contributed by atoms with Crippen LogP contribution in [-0.2, 0) is 10.0 Å². The summed E-state index contributed by atoms with van der Waals surface area (Å²) in [5.41, 5.74) is 1.68. The van der Waals surface area contributed by atoms with Crippen LogP contribution in [0.5, 0.6) is 5.75 Å². The number of benzene rings is 2. The van der Waals surface area contributed by atoms with Gasteiger partial charge in [0.2, 0.25) is 0 Å². The zero-order valence-electron chi connectivity index (χ0n) is 14.3. The maximum absolute atomic E-state index is 12.5. The standard InChI is InChI=1S/C18H20N2O4S/c1-4-23-14-6-8-15(9-7-14)25(21,22)20-13-5-10-16-17(11-13)24-18(19-16)12(2)3/h5-12,20H,4H2,1-3H3. The quantitative estimate of drug-likeness (QED) is 0.714. The molecule has 1 aromatic heterocycles. The lowest BCUT2D eigenvalue weighted by atomic mass is 10.2. The lowest BCUT2D eigenvalue weighted by molar-refractivity contribution is 0.340. The summed E-state index contributed by atoms with van der Waals surface area (Å²) < 4.78 is 38.6. The van der Waals surface area contributed by atoms with Gasteiger partial charge in [-0.25, -0.2) is 13.4 Å². The number of aromatic nitrogens is 1. The predicted octanol–water partition coefficient (Wildman–Crippen LogP) is 4.15. The minimum atomic E-state index is -3.69. The summed E-state index contributed by atoms with van der Waals surface area (Å²) in [6, 6.07) is 11.3. The van der Waals surface area contributed by atoms with Crippen molar-refractivity contribution in [1.29, 1.82) is 0 Å². The van der Waals surface area contributed by atoms with Crippen molar-refractivity contribution in [2.45, 2.75) is 31.6 Å². The fraction of sp³-hybridized carbons (Fsp3) is 0.278. The molecule has 1 N–H and O–H groups in total. The highest BCUT2D eigenvalue weighted by Crippen LogP contribution is 2.25. The minimum Gasteiger partial charge on any atom is -0.494 e. The molecule has 7 heteroatoms. The average molecular weight is 360 g/mol. The van der Waals surface area contributed by atoms with Crippen LogP contribution in [0.2, 0.25) is 0 Å². The molecule has 0 radical (unpaired) electrons. The van der Waals surface area contributed by atoms with Gasteiger partial charge in [-0.2, -0.15) is 0 Å². The van der Waals surface area contributed by atoms with Gasteiger partial charge in [0.25, 0.3) is 10.0 Å². The van der Waals surface area contributed by atoms with Gasteiger partial charge in [0.15, 0.2) is 11.5 Å². The first kappa shape index (κ1) is 17.3. The fourth-order valence-electron chi connectivity index (χ4n) is 2.35. The van der Waals surface area contributed by atoms with Gasteiger partial charge in [-0.1, -0.05) is 13.8 Å². The van der Waals surface area contributed by atoms with Gasteiger partial charge in [0.05, 0.1) is 17.2 Å². The van der Waals surface area contributed by atoms with E-state index in [1.54, 1.807) is 30.3 Å². The number of hydrogen-bond acceptors (Lipinski definition) is 5. The van der Waals surface area contributed by atoms with Crippen LogP contribution in [0.1, 0.15) is 32.6 Å². The fourth-order valence-corrected chi connectivity index (χ4v) is 3.40. The van der Waals surface area contributed by atoms with Gasteiger partial charge in [-0.3, -0.25) is 4.72 Å². The second-order valence-electron chi connectivity index (χ2n) is 5.90. The van der Waals surface area contributed by atoms with E-state index in [-0.39, 0.29) is 10.8 Å². The molecule has 0 aliphatic heterocycles. The van der Waals surface area contributed by atoms with E-state index in [0.717, 1.165) is 0 Å². The Morgan fingerprint density at radius 3 is 2.52 bits per heavy atom. The van der Waals surface area contributed by atoms with Gasteiger partial charge in [0.1, 0.15) is 11.3 Å². The first-order valence-corrected chi connectivity index (χ1v) is 9.53. The molecule has 0 bridgehead atoms. The van der Waals surface area contributed by atoms with E-state index in [1.165, 1.54) is 12.1 Å². The van der Waals surface area contributed by atoms with Gasteiger partial charge in [0, 0.05) is 12.0 Å². The van der Waals surface area contributed by atoms with Crippen LogP contribution in [0.4, 0.5) is 5.69 Å². The van der Waals surface area contributed by atoms with Crippen molar-refractivity contribution in [3.63, 3.8) is 0 Å². The predicted molar refractivity (Wildman–Crippen MR) is 96.5 cm³/mol. The molecule has 6 nitrogen and oxygen atoms in total. The molecule has 0 spiro atoms. The summed E-state index contributed by atoms with van der Waals surface area (Å²) in [7, 11) is -3.69. The van der Waals surface area contributed by atoms with E-state index in [2.05, 4.69) is 9.71 Å². The van der Waals surface area contributed by atoms with Crippen LogP contribution in [0.15, 0.2) is 51.8 Å². The summed E-state index contributed by atoms with van der Waals surface area (Å²) >= 11 is 0. The Bertz CT molecular complexity index is 976. The van der Waals surface area contributed by atoms with Crippen molar-refractivity contribution < 1.29 is 17.6 Å². The van der Waals surface area contributed by atoms with E-state index in [4.69, 9.17) is 9.15 Å². The topological polar surface area (TPSA) is 81.4 Å². The molecule has 0 unspecified atom stereocenters. The zero-order valence-corrected chi connectivity index (χ0v) is 15.1. The molecule has 3 aromatic rings. The van der Waals surface area contributed by atoms with Crippen LogP contribution in [0.3, 0.4) is 0 Å². The highest BCUT2D eigenvalue weighted by atomic mass is 32.2. The Hall–Kier alpha value is -2.54. The smallest absolute Gasteiger partial charge is 0.261 e. The first-order valence-electron chi connectivity index (χ1n) is 8.05. The second-order valence-corrected chi connectivity index (χ2v) is 7.58. The molecule has 1 heterocycles. The van der Waals surface area contributed by atoms with Crippen molar-refractivity contribution in [3.8, 4) is 5.75 Å². The van der Waals surface area contributed by atoms with Gasteiger partial charge < -0.3 is 9.15 Å². The second kappa shape index (κ2) is 6.76. The maximum atomic E-state index is 12.5. The van der Waals surface area contributed by atoms with E-state index in [1.807, 2.05) is 20.8 Å². The summed E-state index contributed by atoms with van der Waals surface area (Å²) in [5, 5.41) is 0. The third kappa shape index (κ3) is 3.76. The Kier molecular flexibility index (Phi) is 4.67. The number of ether oxygens (including phenoxy) is 1. The molecule has 25 heavy (non-hydrogen) atoms. The normalized spacial score (nSPS) is 11.8. The van der Waals surface area contributed by atoms with Crippen LogP contribution in [-0.4, -0.2) is 20.0 Å². The molecule has 0 aliphatic rings. The lowest BCUT2D eigenvalue weighted by Crippen LogP contribution is -2.12. The third-order valence-corrected chi connectivity index (χ3v) is 4.99. The van der Waals surface area contributed by atoms with Crippen molar-refractivity contribution in [1.82, 2.24) is 4.98 Å². The summed E-state index contributed by atoms with van der Waals surface area (Å²) in [4.78, 5) is 4.54. The molecule has 0 aliphatic carbocycles. The number of hydrogen-bond donors (Lipinski definition) is 1. The molecule has 0 atom stereocenters. The van der Waals surface area contributed by atoms with Crippen molar-refractivity contribution in [3.05, 3.63) is 48.4 Å². The van der Waals surface area contributed by atoms with Crippen LogP contribution >= 0.6 is 0 Å². The van der Waals surface area contributed by atoms with Crippen LogP contribution in [0.25, 0.3) is 11.1 Å². The molecule has 0 amide bonds. The van der Waals surface area contributed by atoms with E-state index >= 15 is 0 Å². The van der Waals surface area contributed by atoms with Crippen LogP contribution < -0.4 is 9.46 Å². The maximum Gasteiger partial charge on any atom is 0.261 e. The Morgan fingerprint density at radius 1 is 1.16 bits per heavy atom. The summed E-state index contributed by atoms with van der Waals surface area (Å²) in [6.07, 6.45) is 0. The third-order valence-electron chi connectivity index (χ3n) is 3.60. The number of anilines is 1. The molecule has 132 valence electrons. The average Bonchev–Trinajstić information content (AvgIpc) is 2.99. The van der Waals surface area contributed by atoms with Gasteiger partial charge in [-0.05, 0) is 43.3 Å². The van der Waals surface area contributed by atoms with E-state index in [9.17, 15) is 8.42 Å². The monoisotopic (exact) mass is 360 g/mol. The molecule has 3 rings (SSSR count). The Balaban J connectivity index is 1.85. The molecule has 0 fully saturated rings. The Labute approximate surface area is 146 Å². The zero-order chi connectivity index (χ0) is 18.0. The van der Waals surface area contributed by atoms with E-state index < -0.39 is 10.0 Å². The van der Waals surface area contributed by atoms with Gasteiger partial charge in [-0.15, -0.1) is 0 Å². The number of nitrogens with zero attached hydrogens (tertiary/aromatic N) is 1. The number of oxazole rings is 1. The first-order chi connectivity index (χ1) is 11.9. The van der Waals surface area contributed by atoms with Crippen molar-refractivity contribution in [2.24, 2.45) is 0 Å². The highest BCUT2D eigenvalue weighted by Gasteiger charge is 2.16. The highest BCUT2D eigenvalue weighted by molar-refractivity contribution is 7.92. The SMILES string of the molecule is CCOc1ccc(S(=O)(=O)Nc2ccc3nc(C(C)C)oc3c2)cc1. The molecule has 0 saturated carbocycles. The van der Waals surface area contributed by atoms with Crippen molar-refractivity contribution in [2.75, 3.05) is 11.3 Å². The number of sulfonamides is 1. The van der Waals surface area contributed by atoms with Gasteiger partial charge >= 0.3 is 0 Å². The number of nitrogens with one attached hydrogen (secondary N) is 1. The largest absolute Gasteiger partial charge is 0.494 e. The molecule has 2 aromatic carbocycles. The molecule has 0 saturated heterocycles. The van der Waals surface area contributed by atoms with Crippen molar-refractivity contribution >= 4 is 26.8 Å². The summed E-state index contributed by atoms with van der Waals surface area (Å²) in [6.45, 7) is 6.37. The van der Waals surface area contributed by atoms with Crippen LogP contribution in [0, 0.1) is 0 Å². The number of fused-ring (bicyclic) bond motifs is 1. The van der Waals surface area contributed by atoms with E-state index in [0.29, 0.717) is 35.0 Å². The molecular weight excluding hydrogens is 340 g/mol. The summed E-state index contributed by atoms with van der Waals surface area (Å²) in [5.74, 6) is 1.42. The lowest BCUT2D eigenvalue weighted by Gasteiger charge is -2.09. The molecular formula is C18H20N2O4S. The Morgan fingerprint density at radius 2 is 1.88 bits per heavy atom.